The summed E-state index contributed by atoms with van der Waals surface area (Å²) in [6, 6.07) is 13.4. The molecular weight excluding hydrogens is 554 g/mol. The van der Waals surface area contributed by atoms with Crippen molar-refractivity contribution in [1.29, 1.82) is 0 Å². The molecule has 0 spiro atoms. The summed E-state index contributed by atoms with van der Waals surface area (Å²) in [5.74, 6) is 1.15. The molecule has 1 aromatic carbocycles. The number of rotatable bonds is 7. The number of carboxylic acids is 1. The van der Waals surface area contributed by atoms with Crippen LogP contribution in [-0.4, -0.2) is 61.3 Å². The Kier molecular flexibility index (Phi) is 6.96. The Morgan fingerprint density at radius 1 is 1.12 bits per heavy atom. The number of aromatic carboxylic acids is 1. The number of imidazole rings is 1. The third-order valence-corrected chi connectivity index (χ3v) is 8.89. The Bertz CT molecular complexity index is 1670. The lowest BCUT2D eigenvalue weighted by molar-refractivity contribution is -0.0593. The molecule has 0 radical (unpaired) electrons. The van der Waals surface area contributed by atoms with E-state index in [-0.39, 0.29) is 11.8 Å². The molecule has 3 aliphatic rings. The largest absolute Gasteiger partial charge is 0.477 e. The number of ether oxygens (including phenoxy) is 2. The van der Waals surface area contributed by atoms with Crippen LogP contribution in [0.15, 0.2) is 54.7 Å². The molecule has 0 saturated carbocycles. The summed E-state index contributed by atoms with van der Waals surface area (Å²) in [6.07, 6.45) is 8.93. The fourth-order valence-electron chi connectivity index (χ4n) is 6.16. The normalized spacial score (nSPS) is 22.5. The van der Waals surface area contributed by atoms with Crippen LogP contribution < -0.4 is 4.74 Å². The molecule has 42 heavy (non-hydrogen) atoms. The van der Waals surface area contributed by atoms with Crippen molar-refractivity contribution in [3.8, 4) is 5.75 Å². The summed E-state index contributed by atoms with van der Waals surface area (Å²) in [6.45, 7) is 5.92. The SMILES string of the molecule is CC1(c2ccc(Cl)cn2)C=Cc2cccc(C3CCN(Cc4nc5ccc(C(=O)O)nc5n4CC4CCO4)CC3)c2O1. The highest BCUT2D eigenvalue weighted by atomic mass is 35.5. The Hall–Kier alpha value is -3.79. The van der Waals surface area contributed by atoms with Crippen LogP contribution in [0.3, 0.4) is 0 Å². The molecule has 2 saturated heterocycles. The van der Waals surface area contributed by atoms with Crippen LogP contribution >= 0.6 is 11.6 Å². The first-order chi connectivity index (χ1) is 20.4. The first-order valence-corrected chi connectivity index (χ1v) is 14.8. The summed E-state index contributed by atoms with van der Waals surface area (Å²) in [5, 5.41) is 10.1. The molecule has 2 unspecified atom stereocenters. The number of nitrogens with zero attached hydrogens (tertiary/aromatic N) is 5. The smallest absolute Gasteiger partial charge is 0.354 e. The average molecular weight is 586 g/mol. The Balaban J connectivity index is 1.09. The molecule has 0 amide bonds. The van der Waals surface area contributed by atoms with Gasteiger partial charge < -0.3 is 19.1 Å². The van der Waals surface area contributed by atoms with Crippen molar-refractivity contribution >= 4 is 34.8 Å². The van der Waals surface area contributed by atoms with Gasteiger partial charge in [-0.2, -0.15) is 0 Å². The number of hydrogen-bond donors (Lipinski definition) is 1. The minimum Gasteiger partial charge on any atom is -0.477 e. The van der Waals surface area contributed by atoms with Crippen molar-refractivity contribution in [2.24, 2.45) is 0 Å². The quantitative estimate of drug-likeness (QED) is 0.296. The van der Waals surface area contributed by atoms with Crippen molar-refractivity contribution < 1.29 is 19.4 Å². The first kappa shape index (κ1) is 27.1. The second-order valence-electron chi connectivity index (χ2n) is 11.5. The van der Waals surface area contributed by atoms with E-state index in [0.29, 0.717) is 35.2 Å². The van der Waals surface area contributed by atoms with Crippen molar-refractivity contribution in [2.45, 2.75) is 56.9 Å². The summed E-state index contributed by atoms with van der Waals surface area (Å²) in [5.41, 5.74) is 3.80. The van der Waals surface area contributed by atoms with E-state index >= 15 is 0 Å². The second kappa shape index (κ2) is 10.8. The summed E-state index contributed by atoms with van der Waals surface area (Å²) in [4.78, 5) is 27.8. The van der Waals surface area contributed by atoms with E-state index in [9.17, 15) is 9.90 Å². The molecule has 0 bridgehead atoms. The molecule has 216 valence electrons. The van der Waals surface area contributed by atoms with Crippen LogP contribution in [0.4, 0.5) is 0 Å². The minimum absolute atomic E-state index is 0.0248. The highest BCUT2D eigenvalue weighted by Crippen LogP contribution is 2.43. The lowest BCUT2D eigenvalue weighted by Gasteiger charge is -2.36. The molecule has 2 fully saturated rings. The van der Waals surface area contributed by atoms with E-state index in [1.807, 2.05) is 19.1 Å². The fourth-order valence-corrected chi connectivity index (χ4v) is 6.27. The number of aromatic nitrogens is 4. The number of para-hydroxylation sites is 1. The maximum absolute atomic E-state index is 11.6. The number of carboxylic acid groups (broad SMARTS) is 1. The van der Waals surface area contributed by atoms with Gasteiger partial charge in [-0.15, -0.1) is 0 Å². The Morgan fingerprint density at radius 2 is 1.95 bits per heavy atom. The summed E-state index contributed by atoms with van der Waals surface area (Å²) >= 11 is 6.08. The van der Waals surface area contributed by atoms with E-state index in [0.717, 1.165) is 61.8 Å². The summed E-state index contributed by atoms with van der Waals surface area (Å²) in [7, 11) is 0. The van der Waals surface area contributed by atoms with Gasteiger partial charge in [-0.25, -0.2) is 14.8 Å². The second-order valence-corrected chi connectivity index (χ2v) is 11.9. The van der Waals surface area contributed by atoms with Crippen molar-refractivity contribution in [1.82, 2.24) is 24.4 Å². The number of carbonyl (C=O) groups is 1. The van der Waals surface area contributed by atoms with Gasteiger partial charge in [-0.05, 0) is 81.1 Å². The molecule has 4 aromatic rings. The number of hydrogen-bond acceptors (Lipinski definition) is 7. The number of halogens is 1. The predicted octanol–water partition coefficient (Wildman–Crippen LogP) is 5.67. The monoisotopic (exact) mass is 585 g/mol. The number of likely N-dealkylation sites (tertiary alicyclic amines) is 1. The zero-order valence-corrected chi connectivity index (χ0v) is 24.1. The zero-order valence-electron chi connectivity index (χ0n) is 23.4. The van der Waals surface area contributed by atoms with Crippen LogP contribution in [0.2, 0.25) is 5.02 Å². The van der Waals surface area contributed by atoms with Gasteiger partial charge >= 0.3 is 5.97 Å². The van der Waals surface area contributed by atoms with Gasteiger partial charge in [0, 0.05) is 18.4 Å². The van der Waals surface area contributed by atoms with Crippen LogP contribution in [0.5, 0.6) is 5.75 Å². The van der Waals surface area contributed by atoms with Gasteiger partial charge in [0.25, 0.3) is 0 Å². The van der Waals surface area contributed by atoms with E-state index in [4.69, 9.17) is 26.1 Å². The lowest BCUT2D eigenvalue weighted by atomic mass is 9.86. The molecule has 0 aliphatic carbocycles. The standard InChI is InChI=1S/C32H32ClN5O4/c1-32(27-8-5-22(33)17-34-27)13-9-21-3-2-4-24(29(21)42-32)20-10-14-37(15-11-20)19-28-35-25-6-7-26(31(39)40)36-30(25)38(28)18-23-12-16-41-23/h2-9,13,17,20,23H,10-12,14-16,18-19H2,1H3,(H,39,40). The molecule has 3 aliphatic heterocycles. The average Bonchev–Trinajstić information content (AvgIpc) is 3.31. The molecule has 9 nitrogen and oxygen atoms in total. The molecule has 3 aromatic heterocycles. The topological polar surface area (TPSA) is 103 Å². The van der Waals surface area contributed by atoms with Crippen molar-refractivity contribution in [3.63, 3.8) is 0 Å². The van der Waals surface area contributed by atoms with Gasteiger partial charge in [-0.3, -0.25) is 9.88 Å². The third-order valence-electron chi connectivity index (χ3n) is 8.67. The lowest BCUT2D eigenvalue weighted by Crippen LogP contribution is -2.36. The van der Waals surface area contributed by atoms with Gasteiger partial charge in [0.2, 0.25) is 0 Å². The number of pyridine rings is 2. The van der Waals surface area contributed by atoms with Gasteiger partial charge in [0.15, 0.2) is 16.9 Å². The first-order valence-electron chi connectivity index (χ1n) is 14.4. The highest BCUT2D eigenvalue weighted by molar-refractivity contribution is 6.30. The number of benzene rings is 1. The maximum Gasteiger partial charge on any atom is 0.354 e. The van der Waals surface area contributed by atoms with E-state index in [1.54, 1.807) is 12.3 Å². The van der Waals surface area contributed by atoms with Gasteiger partial charge in [-0.1, -0.05) is 35.9 Å². The third kappa shape index (κ3) is 5.06. The summed E-state index contributed by atoms with van der Waals surface area (Å²) < 4.78 is 14.5. The molecule has 10 heteroatoms. The van der Waals surface area contributed by atoms with Crippen molar-refractivity contribution in [3.05, 3.63) is 88.1 Å². The molecule has 2 atom stereocenters. The number of piperidine rings is 1. The van der Waals surface area contributed by atoms with Gasteiger partial charge in [0.1, 0.15) is 17.1 Å². The van der Waals surface area contributed by atoms with E-state index in [2.05, 4.69) is 49.8 Å². The Labute approximate surface area is 248 Å². The minimum atomic E-state index is -1.04. The molecule has 1 N–H and O–H groups in total. The molecular formula is C32H32ClN5O4. The van der Waals surface area contributed by atoms with E-state index in [1.165, 1.54) is 11.6 Å². The Morgan fingerprint density at radius 3 is 2.67 bits per heavy atom. The van der Waals surface area contributed by atoms with Crippen LogP contribution in [0.1, 0.15) is 65.2 Å². The maximum atomic E-state index is 11.6. The van der Waals surface area contributed by atoms with Crippen LogP contribution in [0, 0.1) is 0 Å². The van der Waals surface area contributed by atoms with Gasteiger partial charge in [0.05, 0.1) is 29.9 Å². The predicted molar refractivity (Wildman–Crippen MR) is 159 cm³/mol. The number of fused-ring (bicyclic) bond motifs is 2. The van der Waals surface area contributed by atoms with E-state index < -0.39 is 11.6 Å². The zero-order chi connectivity index (χ0) is 28.8. The fraction of sp³-hybridized carbons (Fsp3) is 0.375. The van der Waals surface area contributed by atoms with Crippen LogP contribution in [-0.2, 0) is 23.4 Å². The van der Waals surface area contributed by atoms with Crippen molar-refractivity contribution in [2.75, 3.05) is 19.7 Å². The molecule has 7 rings (SSSR count). The van der Waals surface area contributed by atoms with Crippen LogP contribution in [0.25, 0.3) is 17.2 Å². The highest BCUT2D eigenvalue weighted by Gasteiger charge is 2.34. The molecule has 6 heterocycles.